The molecule has 0 aliphatic heterocycles. The van der Waals surface area contributed by atoms with Crippen LogP contribution in [0.2, 0.25) is 0 Å². The van der Waals surface area contributed by atoms with Gasteiger partial charge in [0, 0.05) is 11.7 Å². The molecule has 1 atom stereocenters. The molecule has 0 spiro atoms. The smallest absolute Gasteiger partial charge is 0.319 e. The summed E-state index contributed by atoms with van der Waals surface area (Å²) in [7, 11) is 0. The molecular formula is C14H20N2O. The molecule has 3 heteroatoms. The molecule has 2 N–H and O–H groups in total. The van der Waals surface area contributed by atoms with Gasteiger partial charge >= 0.3 is 6.03 Å². The van der Waals surface area contributed by atoms with Gasteiger partial charge in [-0.15, -0.1) is 0 Å². The van der Waals surface area contributed by atoms with Crippen molar-refractivity contribution >= 4 is 11.7 Å². The van der Waals surface area contributed by atoms with E-state index in [1.807, 2.05) is 24.3 Å². The van der Waals surface area contributed by atoms with Crippen LogP contribution in [0.4, 0.5) is 10.5 Å². The number of amides is 2. The number of carbonyl (C=O) groups excluding carboxylic acids is 1. The van der Waals surface area contributed by atoms with E-state index < -0.39 is 0 Å². The number of hydrogen-bond donors (Lipinski definition) is 2. The van der Waals surface area contributed by atoms with Crippen molar-refractivity contribution in [2.24, 2.45) is 5.92 Å². The molecule has 1 aromatic carbocycles. The highest BCUT2D eigenvalue weighted by Crippen LogP contribution is 2.32. The highest BCUT2D eigenvalue weighted by atomic mass is 16.2. The highest BCUT2D eigenvalue weighted by Gasteiger charge is 2.28. The molecule has 1 aliphatic rings. The first-order chi connectivity index (χ1) is 8.20. The molecule has 2 rings (SSSR count). The molecule has 0 bridgehead atoms. The van der Waals surface area contributed by atoms with Crippen LogP contribution < -0.4 is 10.6 Å². The molecule has 0 radical (unpaired) electrons. The summed E-state index contributed by atoms with van der Waals surface area (Å²) < 4.78 is 0. The van der Waals surface area contributed by atoms with E-state index >= 15 is 0 Å². The summed E-state index contributed by atoms with van der Waals surface area (Å²) in [6.07, 6.45) is 3.41. The largest absolute Gasteiger partial charge is 0.335 e. The molecule has 3 nitrogen and oxygen atoms in total. The Morgan fingerprint density at radius 2 is 2.12 bits per heavy atom. The minimum Gasteiger partial charge on any atom is -0.335 e. The fourth-order valence-corrected chi connectivity index (χ4v) is 2.03. The third-order valence-corrected chi connectivity index (χ3v) is 3.33. The average molecular weight is 232 g/mol. The van der Waals surface area contributed by atoms with Gasteiger partial charge < -0.3 is 10.6 Å². The van der Waals surface area contributed by atoms with Crippen LogP contribution in [0.3, 0.4) is 0 Å². The minimum atomic E-state index is -0.0923. The molecule has 17 heavy (non-hydrogen) atoms. The van der Waals surface area contributed by atoms with Crippen molar-refractivity contribution < 1.29 is 4.79 Å². The lowest BCUT2D eigenvalue weighted by Gasteiger charge is -2.15. The summed E-state index contributed by atoms with van der Waals surface area (Å²) >= 11 is 0. The lowest BCUT2D eigenvalue weighted by Crippen LogP contribution is -2.37. The number of urea groups is 1. The van der Waals surface area contributed by atoms with E-state index in [2.05, 4.69) is 24.5 Å². The molecule has 2 amide bonds. The topological polar surface area (TPSA) is 41.1 Å². The summed E-state index contributed by atoms with van der Waals surface area (Å²) in [5.41, 5.74) is 2.08. The Balaban J connectivity index is 1.92. The van der Waals surface area contributed by atoms with Gasteiger partial charge in [-0.25, -0.2) is 4.79 Å². The minimum absolute atomic E-state index is 0.0923. The molecule has 0 saturated heterocycles. The summed E-state index contributed by atoms with van der Waals surface area (Å²) in [6.45, 7) is 4.16. The maximum atomic E-state index is 11.8. The molecule has 0 aromatic heterocycles. The van der Waals surface area contributed by atoms with Crippen LogP contribution in [0.5, 0.6) is 0 Å². The SMILES string of the molecule is CCc1ccccc1NC(=O)NC(C)C1CC1. The predicted molar refractivity (Wildman–Crippen MR) is 70.2 cm³/mol. The van der Waals surface area contributed by atoms with Crippen molar-refractivity contribution in [3.05, 3.63) is 29.8 Å². The average Bonchev–Trinajstić information content (AvgIpc) is 3.13. The second-order valence-electron chi connectivity index (χ2n) is 4.74. The molecule has 1 aromatic rings. The number of carbonyl (C=O) groups is 1. The van der Waals surface area contributed by atoms with Gasteiger partial charge in [-0.3, -0.25) is 0 Å². The van der Waals surface area contributed by atoms with Gasteiger partial charge in [0.15, 0.2) is 0 Å². The fraction of sp³-hybridized carbons (Fsp3) is 0.500. The first-order valence-corrected chi connectivity index (χ1v) is 6.36. The molecular weight excluding hydrogens is 212 g/mol. The van der Waals surface area contributed by atoms with Crippen molar-refractivity contribution in [2.45, 2.75) is 39.2 Å². The zero-order valence-corrected chi connectivity index (χ0v) is 10.5. The number of anilines is 1. The van der Waals surface area contributed by atoms with Crippen LogP contribution in [0.25, 0.3) is 0 Å². The Labute approximate surface area is 103 Å². The summed E-state index contributed by atoms with van der Waals surface area (Å²) in [5, 5.41) is 5.92. The van der Waals surface area contributed by atoms with Crippen LogP contribution >= 0.6 is 0 Å². The summed E-state index contributed by atoms with van der Waals surface area (Å²) in [4.78, 5) is 11.8. The van der Waals surface area contributed by atoms with E-state index in [1.165, 1.54) is 18.4 Å². The normalized spacial score (nSPS) is 16.4. The number of aryl methyl sites for hydroxylation is 1. The Hall–Kier alpha value is -1.51. The number of rotatable bonds is 4. The van der Waals surface area contributed by atoms with E-state index in [9.17, 15) is 4.79 Å². The Morgan fingerprint density at radius 1 is 1.41 bits per heavy atom. The second-order valence-corrected chi connectivity index (χ2v) is 4.74. The van der Waals surface area contributed by atoms with Crippen LogP contribution in [0, 0.1) is 5.92 Å². The molecule has 92 valence electrons. The first kappa shape index (κ1) is 12.0. The lowest BCUT2D eigenvalue weighted by atomic mass is 10.1. The van der Waals surface area contributed by atoms with Crippen molar-refractivity contribution in [1.29, 1.82) is 0 Å². The number of nitrogens with one attached hydrogen (secondary N) is 2. The lowest BCUT2D eigenvalue weighted by molar-refractivity contribution is 0.248. The van der Waals surface area contributed by atoms with E-state index in [0.29, 0.717) is 5.92 Å². The molecule has 1 fully saturated rings. The summed E-state index contributed by atoms with van der Waals surface area (Å²) in [5.74, 6) is 0.683. The monoisotopic (exact) mass is 232 g/mol. The van der Waals surface area contributed by atoms with Gasteiger partial charge in [0.05, 0.1) is 0 Å². The molecule has 1 unspecified atom stereocenters. The first-order valence-electron chi connectivity index (χ1n) is 6.36. The number of benzene rings is 1. The highest BCUT2D eigenvalue weighted by molar-refractivity contribution is 5.90. The van der Waals surface area contributed by atoms with Gasteiger partial charge in [0.25, 0.3) is 0 Å². The quantitative estimate of drug-likeness (QED) is 0.822. The van der Waals surface area contributed by atoms with Gasteiger partial charge in [-0.05, 0) is 43.7 Å². The van der Waals surface area contributed by atoms with Gasteiger partial charge in [0.1, 0.15) is 0 Å². The molecule has 0 heterocycles. The van der Waals surface area contributed by atoms with Crippen LogP contribution in [-0.2, 0) is 6.42 Å². The van der Waals surface area contributed by atoms with Crippen molar-refractivity contribution in [2.75, 3.05) is 5.32 Å². The van der Waals surface area contributed by atoms with E-state index in [1.54, 1.807) is 0 Å². The standard InChI is InChI=1S/C14H20N2O/c1-3-11-6-4-5-7-13(11)16-14(17)15-10(2)12-8-9-12/h4-7,10,12H,3,8-9H2,1-2H3,(H2,15,16,17). The predicted octanol–water partition coefficient (Wildman–Crippen LogP) is 3.17. The van der Waals surface area contributed by atoms with Gasteiger partial charge in [-0.2, -0.15) is 0 Å². The zero-order valence-electron chi connectivity index (χ0n) is 10.5. The molecule has 1 aliphatic carbocycles. The Kier molecular flexibility index (Phi) is 3.67. The maximum absolute atomic E-state index is 11.8. The second kappa shape index (κ2) is 5.21. The third-order valence-electron chi connectivity index (χ3n) is 3.33. The van der Waals surface area contributed by atoms with Crippen LogP contribution in [0.15, 0.2) is 24.3 Å². The fourth-order valence-electron chi connectivity index (χ4n) is 2.03. The van der Waals surface area contributed by atoms with Crippen molar-refractivity contribution in [1.82, 2.24) is 5.32 Å². The van der Waals surface area contributed by atoms with E-state index in [4.69, 9.17) is 0 Å². The molecule has 1 saturated carbocycles. The van der Waals surface area contributed by atoms with Gasteiger partial charge in [0.2, 0.25) is 0 Å². The maximum Gasteiger partial charge on any atom is 0.319 e. The van der Waals surface area contributed by atoms with Crippen molar-refractivity contribution in [3.8, 4) is 0 Å². The number of hydrogen-bond acceptors (Lipinski definition) is 1. The van der Waals surface area contributed by atoms with Crippen molar-refractivity contribution in [3.63, 3.8) is 0 Å². The van der Waals surface area contributed by atoms with Gasteiger partial charge in [-0.1, -0.05) is 25.1 Å². The zero-order chi connectivity index (χ0) is 12.3. The summed E-state index contributed by atoms with van der Waals surface area (Å²) in [6, 6.07) is 8.11. The number of para-hydroxylation sites is 1. The Bertz CT molecular complexity index is 399. The van der Waals surface area contributed by atoms with Crippen LogP contribution in [0.1, 0.15) is 32.3 Å². The van der Waals surface area contributed by atoms with Crippen LogP contribution in [-0.4, -0.2) is 12.1 Å². The Morgan fingerprint density at radius 3 is 2.76 bits per heavy atom. The third kappa shape index (κ3) is 3.22. The van der Waals surface area contributed by atoms with E-state index in [-0.39, 0.29) is 12.1 Å². The van der Waals surface area contributed by atoms with E-state index in [0.717, 1.165) is 12.1 Å².